The van der Waals surface area contributed by atoms with E-state index in [2.05, 4.69) is 37.7 Å². The maximum absolute atomic E-state index is 13.3. The molecule has 0 spiro atoms. The first-order valence-electron chi connectivity index (χ1n) is 13.4. The van der Waals surface area contributed by atoms with E-state index in [0.29, 0.717) is 5.91 Å². The summed E-state index contributed by atoms with van der Waals surface area (Å²) in [5, 5.41) is 1.15. The first kappa shape index (κ1) is 23.1. The van der Waals surface area contributed by atoms with Crippen molar-refractivity contribution >= 4 is 43.5 Å². The van der Waals surface area contributed by atoms with Crippen LogP contribution in [0.25, 0.3) is 20.4 Å². The van der Waals surface area contributed by atoms with Crippen LogP contribution in [-0.4, -0.2) is 76.0 Å². The van der Waals surface area contributed by atoms with Crippen molar-refractivity contribution in [3.8, 4) is 0 Å². The normalized spacial score (nSPS) is 21.3. The summed E-state index contributed by atoms with van der Waals surface area (Å²) < 4.78 is 1.12. The van der Waals surface area contributed by atoms with Crippen molar-refractivity contribution in [1.29, 1.82) is 0 Å². The van der Waals surface area contributed by atoms with Gasteiger partial charge in [-0.05, 0) is 51.2 Å². The van der Waals surface area contributed by atoms with Crippen LogP contribution < -0.4 is 4.90 Å². The Kier molecular flexibility index (Phi) is 6.35. The van der Waals surface area contributed by atoms with Gasteiger partial charge in [0.25, 0.3) is 0 Å². The van der Waals surface area contributed by atoms with Crippen molar-refractivity contribution in [2.75, 3.05) is 44.2 Å². The molecule has 3 aromatic rings. The van der Waals surface area contributed by atoms with Crippen LogP contribution in [0.3, 0.4) is 0 Å². The lowest BCUT2D eigenvalue weighted by atomic mass is 9.93. The minimum Gasteiger partial charge on any atom is -0.355 e. The average Bonchev–Trinajstić information content (AvgIpc) is 3.28. The van der Waals surface area contributed by atoms with Gasteiger partial charge in [0, 0.05) is 62.3 Å². The molecule has 186 valence electrons. The van der Waals surface area contributed by atoms with Gasteiger partial charge in [0.1, 0.15) is 17.0 Å². The molecule has 8 heteroatoms. The number of fused-ring (bicyclic) bond motifs is 3. The molecule has 6 rings (SSSR count). The van der Waals surface area contributed by atoms with E-state index in [-0.39, 0.29) is 5.92 Å². The topological polar surface area (TPSA) is 65.5 Å². The number of amides is 1. The minimum absolute atomic E-state index is 0.138. The maximum Gasteiger partial charge on any atom is 0.225 e. The third-order valence-corrected chi connectivity index (χ3v) is 9.46. The van der Waals surface area contributed by atoms with Gasteiger partial charge in [-0.2, -0.15) is 0 Å². The van der Waals surface area contributed by atoms with E-state index in [4.69, 9.17) is 4.98 Å². The number of pyridine rings is 1. The lowest BCUT2D eigenvalue weighted by Crippen LogP contribution is -2.54. The molecule has 0 N–H and O–H groups in total. The Morgan fingerprint density at radius 2 is 1.69 bits per heavy atom. The lowest BCUT2D eigenvalue weighted by molar-refractivity contribution is -0.138. The van der Waals surface area contributed by atoms with Crippen molar-refractivity contribution in [3.63, 3.8) is 0 Å². The van der Waals surface area contributed by atoms with Crippen LogP contribution in [0.4, 0.5) is 5.82 Å². The van der Waals surface area contributed by atoms with Crippen molar-refractivity contribution in [2.45, 2.75) is 64.8 Å². The van der Waals surface area contributed by atoms with Gasteiger partial charge in [0.2, 0.25) is 5.91 Å². The van der Waals surface area contributed by atoms with Crippen molar-refractivity contribution in [1.82, 2.24) is 24.8 Å². The molecule has 1 amide bonds. The van der Waals surface area contributed by atoms with E-state index >= 15 is 0 Å². The van der Waals surface area contributed by atoms with E-state index in [1.807, 2.05) is 6.92 Å². The first-order valence-corrected chi connectivity index (χ1v) is 14.2. The molecule has 2 aliphatic heterocycles. The minimum atomic E-state index is 0.138. The summed E-state index contributed by atoms with van der Waals surface area (Å²) in [4.78, 5) is 35.6. The van der Waals surface area contributed by atoms with E-state index in [1.165, 1.54) is 37.7 Å². The fourth-order valence-electron chi connectivity index (χ4n) is 6.47. The van der Waals surface area contributed by atoms with Gasteiger partial charge in [0.15, 0.2) is 0 Å². The summed E-state index contributed by atoms with van der Waals surface area (Å²) in [6, 6.07) is 2.88. The third kappa shape index (κ3) is 4.40. The molecule has 35 heavy (non-hydrogen) atoms. The predicted octanol–water partition coefficient (Wildman–Crippen LogP) is 4.55. The average molecular weight is 493 g/mol. The van der Waals surface area contributed by atoms with E-state index in [9.17, 15) is 4.79 Å². The van der Waals surface area contributed by atoms with Crippen LogP contribution in [0.1, 0.15) is 56.2 Å². The number of rotatable bonds is 3. The van der Waals surface area contributed by atoms with Crippen LogP contribution in [0, 0.1) is 19.8 Å². The largest absolute Gasteiger partial charge is 0.355 e. The summed E-state index contributed by atoms with van der Waals surface area (Å²) in [6.07, 6.45) is 10.3. The number of nitrogens with zero attached hydrogens (tertiary/aromatic N) is 6. The smallest absolute Gasteiger partial charge is 0.225 e. The number of aryl methyl sites for hydroxylation is 2. The van der Waals surface area contributed by atoms with Crippen LogP contribution in [0.2, 0.25) is 0 Å². The Morgan fingerprint density at radius 1 is 0.943 bits per heavy atom. The van der Waals surface area contributed by atoms with Gasteiger partial charge in [-0.1, -0.05) is 19.3 Å². The van der Waals surface area contributed by atoms with Crippen LogP contribution in [0.15, 0.2) is 12.4 Å². The number of aromatic nitrogens is 3. The van der Waals surface area contributed by atoms with E-state index in [1.54, 1.807) is 17.7 Å². The van der Waals surface area contributed by atoms with Gasteiger partial charge in [-0.3, -0.25) is 9.69 Å². The molecule has 0 atom stereocenters. The molecular weight excluding hydrogens is 456 g/mol. The van der Waals surface area contributed by atoms with Gasteiger partial charge in [-0.25, -0.2) is 15.0 Å². The fourth-order valence-corrected chi connectivity index (χ4v) is 7.74. The van der Waals surface area contributed by atoms with Crippen molar-refractivity contribution in [3.05, 3.63) is 23.7 Å². The van der Waals surface area contributed by atoms with Crippen molar-refractivity contribution < 1.29 is 4.79 Å². The molecule has 0 radical (unpaired) electrons. The van der Waals surface area contributed by atoms with Crippen LogP contribution in [-0.2, 0) is 4.79 Å². The van der Waals surface area contributed by atoms with Crippen LogP contribution >= 0.6 is 11.3 Å². The number of piperidine rings is 1. The summed E-state index contributed by atoms with van der Waals surface area (Å²) in [5.41, 5.74) is 3.26. The summed E-state index contributed by atoms with van der Waals surface area (Å²) in [5.74, 6) is 1.51. The zero-order valence-electron chi connectivity index (χ0n) is 21.0. The molecule has 3 aliphatic rings. The van der Waals surface area contributed by atoms with Gasteiger partial charge in [-0.15, -0.1) is 11.3 Å². The molecule has 1 aliphatic carbocycles. The SMILES string of the molecule is Cc1cc(C)c2c(n1)sc1c(N3CCC(C(=O)N4CCN(C5CCCCC5)CC4)CC3)ncnc12. The second-order valence-corrected chi connectivity index (χ2v) is 11.7. The highest BCUT2D eigenvalue weighted by atomic mass is 32.1. The number of anilines is 1. The van der Waals surface area contributed by atoms with Crippen LogP contribution in [0.5, 0.6) is 0 Å². The Morgan fingerprint density at radius 3 is 2.43 bits per heavy atom. The Hall–Kier alpha value is -2.32. The molecule has 1 saturated carbocycles. The Balaban J connectivity index is 1.11. The number of piperazine rings is 1. The molecule has 0 aromatic carbocycles. The molecule has 0 unspecified atom stereocenters. The highest BCUT2D eigenvalue weighted by Gasteiger charge is 2.33. The van der Waals surface area contributed by atoms with E-state index < -0.39 is 0 Å². The lowest BCUT2D eigenvalue weighted by Gasteiger charge is -2.42. The molecule has 3 fully saturated rings. The number of hydrogen-bond donors (Lipinski definition) is 0. The predicted molar refractivity (Wildman–Crippen MR) is 142 cm³/mol. The molecule has 2 saturated heterocycles. The number of hydrogen-bond acceptors (Lipinski definition) is 7. The highest BCUT2D eigenvalue weighted by molar-refractivity contribution is 7.26. The second kappa shape index (κ2) is 9.62. The summed E-state index contributed by atoms with van der Waals surface area (Å²) >= 11 is 1.69. The monoisotopic (exact) mass is 492 g/mol. The zero-order chi connectivity index (χ0) is 23.9. The van der Waals surface area contributed by atoms with Gasteiger partial charge < -0.3 is 9.80 Å². The fraction of sp³-hybridized carbons (Fsp3) is 0.630. The number of carbonyl (C=O) groups excluding carboxylic acids is 1. The quantitative estimate of drug-likeness (QED) is 0.535. The second-order valence-electron chi connectivity index (χ2n) is 10.7. The highest BCUT2D eigenvalue weighted by Crippen LogP contribution is 2.39. The molecular formula is C27H36N6OS. The Labute approximate surface area is 211 Å². The molecule has 7 nitrogen and oxygen atoms in total. The molecule has 0 bridgehead atoms. The first-order chi connectivity index (χ1) is 17.1. The molecule has 3 aromatic heterocycles. The Bertz CT molecular complexity index is 1220. The van der Waals surface area contributed by atoms with Gasteiger partial charge in [0.05, 0.1) is 10.2 Å². The number of carbonyl (C=O) groups is 1. The number of thiophene rings is 1. The molecule has 5 heterocycles. The van der Waals surface area contributed by atoms with Gasteiger partial charge >= 0.3 is 0 Å². The summed E-state index contributed by atoms with van der Waals surface area (Å²) in [7, 11) is 0. The zero-order valence-corrected chi connectivity index (χ0v) is 21.8. The summed E-state index contributed by atoms with van der Waals surface area (Å²) in [6.45, 7) is 9.80. The van der Waals surface area contributed by atoms with E-state index in [0.717, 1.165) is 90.1 Å². The standard InChI is InChI=1S/C27H36N6OS/c1-18-16-19(2)30-26-22(18)23-24(35-26)25(29-17-28-23)32-10-8-20(9-11-32)27(34)33-14-12-31(13-15-33)21-6-4-3-5-7-21/h16-17,20-21H,3-15H2,1-2H3. The third-order valence-electron chi connectivity index (χ3n) is 8.39. The van der Waals surface area contributed by atoms with Crippen molar-refractivity contribution in [2.24, 2.45) is 5.92 Å². The maximum atomic E-state index is 13.3.